The Morgan fingerprint density at radius 2 is 1.71 bits per heavy atom. The van der Waals surface area contributed by atoms with Gasteiger partial charge in [-0.25, -0.2) is 8.42 Å². The van der Waals surface area contributed by atoms with Crippen molar-refractivity contribution in [1.29, 1.82) is 0 Å². The third-order valence-electron chi connectivity index (χ3n) is 4.05. The fourth-order valence-electron chi connectivity index (χ4n) is 2.68. The van der Waals surface area contributed by atoms with Crippen molar-refractivity contribution in [3.63, 3.8) is 0 Å². The van der Waals surface area contributed by atoms with Crippen LogP contribution in [0.4, 0.5) is 10.8 Å². The van der Waals surface area contributed by atoms with Gasteiger partial charge in [-0.1, -0.05) is 59.4 Å². The van der Waals surface area contributed by atoms with E-state index >= 15 is 0 Å². The number of rotatable bonds is 6. The zero-order valence-corrected chi connectivity index (χ0v) is 17.3. The van der Waals surface area contributed by atoms with E-state index < -0.39 is 22.0 Å². The average molecular weight is 417 g/mol. The third-order valence-corrected chi connectivity index (χ3v) is 6.18. The SMILES string of the molecule is Cc1ccc(N([C@@H](C)C(=O)Nc2nnc(-c3ccccc3)s2)S(C)(=O)=O)cc1. The molecule has 2 aromatic carbocycles. The summed E-state index contributed by atoms with van der Waals surface area (Å²) in [6, 6.07) is 15.5. The van der Waals surface area contributed by atoms with Gasteiger partial charge in [-0.3, -0.25) is 14.4 Å². The number of nitrogens with zero attached hydrogens (tertiary/aromatic N) is 3. The first-order valence-corrected chi connectivity index (χ1v) is 11.2. The molecule has 0 aliphatic heterocycles. The maximum absolute atomic E-state index is 12.7. The first kappa shape index (κ1) is 20.0. The molecule has 0 aliphatic rings. The van der Waals surface area contributed by atoms with E-state index in [1.165, 1.54) is 18.3 Å². The molecule has 28 heavy (non-hydrogen) atoms. The summed E-state index contributed by atoms with van der Waals surface area (Å²) in [7, 11) is -3.67. The van der Waals surface area contributed by atoms with Gasteiger partial charge in [-0.05, 0) is 26.0 Å². The normalized spacial score (nSPS) is 12.4. The summed E-state index contributed by atoms with van der Waals surface area (Å²) < 4.78 is 25.7. The quantitative estimate of drug-likeness (QED) is 0.666. The van der Waals surface area contributed by atoms with Gasteiger partial charge in [0.1, 0.15) is 11.0 Å². The summed E-state index contributed by atoms with van der Waals surface area (Å²) in [5.74, 6) is -0.484. The smallest absolute Gasteiger partial charge is 0.249 e. The lowest BCUT2D eigenvalue weighted by Crippen LogP contribution is -2.45. The molecule has 3 rings (SSSR count). The number of aromatic nitrogens is 2. The van der Waals surface area contributed by atoms with Crippen molar-refractivity contribution in [2.45, 2.75) is 19.9 Å². The van der Waals surface area contributed by atoms with Crippen LogP contribution < -0.4 is 9.62 Å². The molecule has 1 heterocycles. The fourth-order valence-corrected chi connectivity index (χ4v) is 4.61. The monoisotopic (exact) mass is 416 g/mol. The highest BCUT2D eigenvalue weighted by molar-refractivity contribution is 7.92. The van der Waals surface area contributed by atoms with Crippen molar-refractivity contribution in [3.8, 4) is 10.6 Å². The van der Waals surface area contributed by atoms with E-state index in [1.54, 1.807) is 24.3 Å². The summed E-state index contributed by atoms with van der Waals surface area (Å²) in [5, 5.41) is 11.7. The van der Waals surface area contributed by atoms with Gasteiger partial charge in [0.05, 0.1) is 11.9 Å². The topological polar surface area (TPSA) is 92.3 Å². The van der Waals surface area contributed by atoms with E-state index in [1.807, 2.05) is 37.3 Å². The summed E-state index contributed by atoms with van der Waals surface area (Å²) in [6.45, 7) is 3.44. The van der Waals surface area contributed by atoms with Gasteiger partial charge in [-0.15, -0.1) is 10.2 Å². The van der Waals surface area contributed by atoms with E-state index in [9.17, 15) is 13.2 Å². The number of hydrogen-bond acceptors (Lipinski definition) is 6. The fraction of sp³-hybridized carbons (Fsp3) is 0.211. The highest BCUT2D eigenvalue weighted by Crippen LogP contribution is 2.27. The van der Waals surface area contributed by atoms with E-state index in [2.05, 4.69) is 15.5 Å². The summed E-state index contributed by atoms with van der Waals surface area (Å²) in [6.07, 6.45) is 1.08. The lowest BCUT2D eigenvalue weighted by Gasteiger charge is -2.27. The van der Waals surface area contributed by atoms with Gasteiger partial charge in [0.2, 0.25) is 21.1 Å². The molecule has 7 nitrogen and oxygen atoms in total. The van der Waals surface area contributed by atoms with Crippen LogP contribution in [0.5, 0.6) is 0 Å². The predicted octanol–water partition coefficient (Wildman–Crippen LogP) is 3.31. The number of nitrogens with one attached hydrogen (secondary N) is 1. The minimum atomic E-state index is -3.67. The summed E-state index contributed by atoms with van der Waals surface area (Å²) in [5.41, 5.74) is 2.32. The van der Waals surface area contributed by atoms with Gasteiger partial charge in [0.15, 0.2) is 0 Å². The molecule has 0 aliphatic carbocycles. The second-order valence-electron chi connectivity index (χ2n) is 6.34. The summed E-state index contributed by atoms with van der Waals surface area (Å²) in [4.78, 5) is 12.7. The van der Waals surface area contributed by atoms with Crippen LogP contribution in [-0.2, 0) is 14.8 Å². The van der Waals surface area contributed by atoms with E-state index in [-0.39, 0.29) is 0 Å². The van der Waals surface area contributed by atoms with Gasteiger partial charge in [0, 0.05) is 5.56 Å². The van der Waals surface area contributed by atoms with Crippen molar-refractivity contribution in [3.05, 3.63) is 60.2 Å². The van der Waals surface area contributed by atoms with Crippen LogP contribution in [0.2, 0.25) is 0 Å². The zero-order chi connectivity index (χ0) is 20.3. The molecule has 0 saturated carbocycles. The molecule has 0 saturated heterocycles. The van der Waals surface area contributed by atoms with Gasteiger partial charge in [-0.2, -0.15) is 0 Å². The Morgan fingerprint density at radius 1 is 1.07 bits per heavy atom. The van der Waals surface area contributed by atoms with E-state index in [0.29, 0.717) is 15.8 Å². The largest absolute Gasteiger partial charge is 0.299 e. The second kappa shape index (κ2) is 8.07. The number of carbonyl (C=O) groups excluding carboxylic acids is 1. The number of hydrogen-bond donors (Lipinski definition) is 1. The highest BCUT2D eigenvalue weighted by Gasteiger charge is 2.29. The molecular formula is C19H20N4O3S2. The number of sulfonamides is 1. The van der Waals surface area contributed by atoms with Gasteiger partial charge >= 0.3 is 0 Å². The number of amides is 1. The average Bonchev–Trinajstić information content (AvgIpc) is 3.11. The molecule has 146 valence electrons. The predicted molar refractivity (Wildman–Crippen MR) is 112 cm³/mol. The molecule has 9 heteroatoms. The molecule has 0 spiro atoms. The van der Waals surface area contributed by atoms with Crippen molar-refractivity contribution >= 4 is 38.1 Å². The molecular weight excluding hydrogens is 396 g/mol. The number of aryl methyl sites for hydroxylation is 1. The van der Waals surface area contributed by atoms with Crippen LogP contribution in [-0.4, -0.2) is 36.8 Å². The summed E-state index contributed by atoms with van der Waals surface area (Å²) >= 11 is 1.23. The van der Waals surface area contributed by atoms with Crippen molar-refractivity contribution < 1.29 is 13.2 Å². The van der Waals surface area contributed by atoms with Gasteiger partial charge < -0.3 is 0 Å². The Labute approximate surface area is 168 Å². The maximum atomic E-state index is 12.7. The minimum absolute atomic E-state index is 0.313. The van der Waals surface area contributed by atoms with E-state index in [0.717, 1.165) is 21.7 Å². The van der Waals surface area contributed by atoms with Crippen molar-refractivity contribution in [1.82, 2.24) is 10.2 Å². The molecule has 0 bridgehead atoms. The lowest BCUT2D eigenvalue weighted by atomic mass is 10.2. The lowest BCUT2D eigenvalue weighted by molar-refractivity contribution is -0.116. The Hall–Kier alpha value is -2.78. The van der Waals surface area contributed by atoms with Crippen LogP contribution >= 0.6 is 11.3 Å². The maximum Gasteiger partial charge on any atom is 0.249 e. The first-order valence-electron chi connectivity index (χ1n) is 8.51. The molecule has 1 atom stereocenters. The van der Waals surface area contributed by atoms with Crippen LogP contribution in [0.1, 0.15) is 12.5 Å². The molecule has 0 fully saturated rings. The molecule has 3 aromatic rings. The van der Waals surface area contributed by atoms with Crippen LogP contribution in [0, 0.1) is 6.92 Å². The highest BCUT2D eigenvalue weighted by atomic mass is 32.2. The molecule has 1 amide bonds. The number of anilines is 2. The van der Waals surface area contributed by atoms with Crippen LogP contribution in [0.15, 0.2) is 54.6 Å². The molecule has 1 aromatic heterocycles. The third kappa shape index (κ3) is 4.55. The van der Waals surface area contributed by atoms with Gasteiger partial charge in [0.25, 0.3) is 0 Å². The van der Waals surface area contributed by atoms with Crippen molar-refractivity contribution in [2.24, 2.45) is 0 Å². The zero-order valence-electron chi connectivity index (χ0n) is 15.7. The molecule has 0 unspecified atom stereocenters. The number of carbonyl (C=O) groups is 1. The van der Waals surface area contributed by atoms with Crippen LogP contribution in [0.25, 0.3) is 10.6 Å². The standard InChI is InChI=1S/C19H20N4O3S2/c1-13-9-11-16(12-10-13)23(28(3,25)26)14(2)17(24)20-19-22-21-18(27-19)15-7-5-4-6-8-15/h4-12,14H,1-3H3,(H,20,22,24)/t14-/m0/s1. The van der Waals surface area contributed by atoms with Crippen molar-refractivity contribution in [2.75, 3.05) is 15.9 Å². The molecule has 0 radical (unpaired) electrons. The Morgan fingerprint density at radius 3 is 2.32 bits per heavy atom. The Kier molecular flexibility index (Phi) is 5.76. The second-order valence-corrected chi connectivity index (χ2v) is 9.17. The van der Waals surface area contributed by atoms with Crippen LogP contribution in [0.3, 0.4) is 0 Å². The molecule has 1 N–H and O–H groups in total. The minimum Gasteiger partial charge on any atom is -0.299 e. The Bertz CT molecular complexity index is 1060. The number of benzene rings is 2. The first-order chi connectivity index (χ1) is 13.3. The Balaban J connectivity index is 1.80. The van der Waals surface area contributed by atoms with E-state index in [4.69, 9.17) is 0 Å².